The molecule has 2 aromatic carbocycles. The van der Waals surface area contributed by atoms with Crippen LogP contribution in [-0.4, -0.2) is 21.1 Å². The molecule has 0 aliphatic carbocycles. The van der Waals surface area contributed by atoms with Crippen molar-refractivity contribution in [1.29, 1.82) is 10.5 Å². The largest absolute Gasteiger partial charge is 0.454 e. The second-order valence-electron chi connectivity index (χ2n) is 6.78. The second-order valence-corrected chi connectivity index (χ2v) is 6.78. The Morgan fingerprint density at radius 1 is 0.968 bits per heavy atom. The van der Waals surface area contributed by atoms with Crippen molar-refractivity contribution in [1.82, 2.24) is 14.3 Å². The molecule has 148 valence electrons. The molecule has 0 spiro atoms. The fourth-order valence-electron chi connectivity index (χ4n) is 3.49. The molecule has 3 heterocycles. The topological polar surface area (TPSA) is 88.8 Å². The van der Waals surface area contributed by atoms with Crippen LogP contribution in [0.15, 0.2) is 73.1 Å². The molecule has 0 fully saturated rings. The van der Waals surface area contributed by atoms with Gasteiger partial charge in [0.05, 0.1) is 11.3 Å². The van der Waals surface area contributed by atoms with Crippen LogP contribution in [0, 0.1) is 22.7 Å². The van der Waals surface area contributed by atoms with E-state index in [-0.39, 0.29) is 12.4 Å². The van der Waals surface area contributed by atoms with Gasteiger partial charge in [0.2, 0.25) is 6.79 Å². The molecule has 1 aliphatic heterocycles. The van der Waals surface area contributed by atoms with E-state index in [1.807, 2.05) is 65.5 Å². The summed E-state index contributed by atoms with van der Waals surface area (Å²) in [7, 11) is 0. The van der Waals surface area contributed by atoms with Gasteiger partial charge in [0.25, 0.3) is 0 Å². The van der Waals surface area contributed by atoms with Crippen molar-refractivity contribution in [2.75, 3.05) is 6.79 Å². The molecule has 7 nitrogen and oxygen atoms in total. The molecule has 0 saturated carbocycles. The van der Waals surface area contributed by atoms with E-state index < -0.39 is 0 Å². The first-order valence-electron chi connectivity index (χ1n) is 9.52. The number of hydrogen-bond donors (Lipinski definition) is 0. The van der Waals surface area contributed by atoms with Crippen molar-refractivity contribution >= 4 is 11.6 Å². The summed E-state index contributed by atoms with van der Waals surface area (Å²) < 4.78 is 14.3. The molecule has 31 heavy (non-hydrogen) atoms. The first-order chi connectivity index (χ1) is 15.3. The fraction of sp³-hybridized carbons (Fsp3) is 0.0417. The van der Waals surface area contributed by atoms with Crippen LogP contribution in [-0.2, 0) is 0 Å². The van der Waals surface area contributed by atoms with Crippen molar-refractivity contribution in [2.24, 2.45) is 0 Å². The molecule has 1 aliphatic rings. The number of nitrogens with zero attached hydrogens (tertiary/aromatic N) is 5. The number of hydrogen-bond acceptors (Lipinski definition) is 5. The van der Waals surface area contributed by atoms with Gasteiger partial charge in [-0.15, -0.1) is 0 Å². The Kier molecular flexibility index (Phi) is 4.47. The minimum Gasteiger partial charge on any atom is -0.454 e. The zero-order valence-corrected chi connectivity index (χ0v) is 16.3. The van der Waals surface area contributed by atoms with Gasteiger partial charge < -0.3 is 14.0 Å². The average Bonchev–Trinajstić information content (AvgIpc) is 3.56. The predicted molar refractivity (Wildman–Crippen MR) is 114 cm³/mol. The second kappa shape index (κ2) is 7.58. The minimum absolute atomic E-state index is 0.175. The van der Waals surface area contributed by atoms with Gasteiger partial charge in [-0.1, -0.05) is 24.3 Å². The summed E-state index contributed by atoms with van der Waals surface area (Å²) in [5.41, 5.74) is 2.44. The van der Waals surface area contributed by atoms with E-state index in [0.29, 0.717) is 28.6 Å². The lowest BCUT2D eigenvalue weighted by Crippen LogP contribution is -2.04. The Labute approximate surface area is 178 Å². The maximum atomic E-state index is 10.0. The van der Waals surface area contributed by atoms with Crippen LogP contribution in [0.5, 0.6) is 11.5 Å². The Bertz CT molecular complexity index is 1370. The highest BCUT2D eigenvalue weighted by molar-refractivity contribution is 5.91. The minimum atomic E-state index is 0.175. The van der Waals surface area contributed by atoms with E-state index in [0.717, 1.165) is 11.3 Å². The summed E-state index contributed by atoms with van der Waals surface area (Å²) in [6.07, 6.45) is 5.38. The van der Waals surface area contributed by atoms with Gasteiger partial charge in [-0.3, -0.25) is 0 Å². The lowest BCUT2D eigenvalue weighted by molar-refractivity contribution is 0.174. The van der Waals surface area contributed by atoms with E-state index in [2.05, 4.69) is 17.2 Å². The third-order valence-electron chi connectivity index (χ3n) is 4.91. The zero-order chi connectivity index (χ0) is 21.2. The van der Waals surface area contributed by atoms with Gasteiger partial charge in [0.15, 0.2) is 17.3 Å². The van der Waals surface area contributed by atoms with Crippen molar-refractivity contribution in [2.45, 2.75) is 0 Å². The Morgan fingerprint density at radius 2 is 1.74 bits per heavy atom. The maximum Gasteiger partial charge on any atom is 0.231 e. The standard InChI is InChI=1S/C24H15N5O2/c25-14-18(12-17-8-9-21-22(13-17)31-16-30-21)23-20(15-26)24(28-10-4-5-11-28)29(27-23)19-6-2-1-3-7-19/h1-13H,16H2/b18-12+. The highest BCUT2D eigenvalue weighted by Crippen LogP contribution is 2.34. The van der Waals surface area contributed by atoms with Gasteiger partial charge >= 0.3 is 0 Å². The quantitative estimate of drug-likeness (QED) is 0.472. The van der Waals surface area contributed by atoms with Crippen molar-refractivity contribution in [3.8, 4) is 35.1 Å². The molecular weight excluding hydrogens is 390 g/mol. The number of rotatable bonds is 4. The lowest BCUT2D eigenvalue weighted by atomic mass is 10.1. The number of para-hydroxylation sites is 1. The van der Waals surface area contributed by atoms with Crippen LogP contribution in [0.2, 0.25) is 0 Å². The number of benzene rings is 2. The smallest absolute Gasteiger partial charge is 0.231 e. The monoisotopic (exact) mass is 405 g/mol. The van der Waals surface area contributed by atoms with Gasteiger partial charge in [-0.25, -0.2) is 4.68 Å². The highest BCUT2D eigenvalue weighted by Gasteiger charge is 2.23. The normalized spacial score (nSPS) is 12.4. The molecule has 4 aromatic rings. The van der Waals surface area contributed by atoms with E-state index in [9.17, 15) is 10.5 Å². The molecule has 2 aromatic heterocycles. The maximum absolute atomic E-state index is 10.0. The predicted octanol–water partition coefficient (Wildman–Crippen LogP) is 4.33. The Balaban J connectivity index is 1.70. The average molecular weight is 405 g/mol. The molecule has 7 heteroatoms. The van der Waals surface area contributed by atoms with Crippen LogP contribution >= 0.6 is 0 Å². The summed E-state index contributed by atoms with van der Waals surface area (Å²) in [5.74, 6) is 1.85. The summed E-state index contributed by atoms with van der Waals surface area (Å²) in [6, 6.07) is 23.1. The number of aromatic nitrogens is 3. The lowest BCUT2D eigenvalue weighted by Gasteiger charge is -2.08. The third-order valence-corrected chi connectivity index (χ3v) is 4.91. The number of fused-ring (bicyclic) bond motifs is 1. The summed E-state index contributed by atoms with van der Waals surface area (Å²) in [5, 5.41) is 24.6. The van der Waals surface area contributed by atoms with E-state index in [1.54, 1.807) is 22.9 Å². The zero-order valence-electron chi connectivity index (χ0n) is 16.3. The SMILES string of the molecule is N#C/C(=C\c1ccc2c(c1)OCO2)c1nn(-c2ccccc2)c(-n2cccc2)c1C#N. The molecule has 0 unspecified atom stereocenters. The Morgan fingerprint density at radius 3 is 2.48 bits per heavy atom. The van der Waals surface area contributed by atoms with Crippen molar-refractivity contribution in [3.63, 3.8) is 0 Å². The molecule has 0 atom stereocenters. The van der Waals surface area contributed by atoms with Crippen LogP contribution in [0.3, 0.4) is 0 Å². The van der Waals surface area contributed by atoms with E-state index in [1.165, 1.54) is 0 Å². The summed E-state index contributed by atoms with van der Waals surface area (Å²) in [4.78, 5) is 0. The van der Waals surface area contributed by atoms with Crippen LogP contribution in [0.4, 0.5) is 0 Å². The summed E-state index contributed by atoms with van der Waals surface area (Å²) in [6.45, 7) is 0.175. The van der Waals surface area contributed by atoms with Gasteiger partial charge in [-0.2, -0.15) is 15.6 Å². The summed E-state index contributed by atoms with van der Waals surface area (Å²) >= 11 is 0. The van der Waals surface area contributed by atoms with Gasteiger partial charge in [0, 0.05) is 12.4 Å². The van der Waals surface area contributed by atoms with Crippen LogP contribution in [0.1, 0.15) is 16.8 Å². The first kappa shape index (κ1) is 18.3. The molecule has 0 saturated heterocycles. The molecule has 0 bridgehead atoms. The number of allylic oxidation sites excluding steroid dienone is 1. The first-order valence-corrected chi connectivity index (χ1v) is 9.52. The van der Waals surface area contributed by atoms with Crippen LogP contribution in [0.25, 0.3) is 23.2 Å². The van der Waals surface area contributed by atoms with Gasteiger partial charge in [-0.05, 0) is 48.0 Å². The molecular formula is C24H15N5O2. The van der Waals surface area contributed by atoms with Crippen molar-refractivity contribution < 1.29 is 9.47 Å². The van der Waals surface area contributed by atoms with Crippen LogP contribution < -0.4 is 9.47 Å². The fourth-order valence-corrected chi connectivity index (χ4v) is 3.49. The highest BCUT2D eigenvalue weighted by atomic mass is 16.7. The van der Waals surface area contributed by atoms with E-state index >= 15 is 0 Å². The number of nitriles is 2. The molecule has 0 amide bonds. The van der Waals surface area contributed by atoms with E-state index in [4.69, 9.17) is 9.47 Å². The third kappa shape index (κ3) is 3.21. The van der Waals surface area contributed by atoms with Crippen molar-refractivity contribution in [3.05, 3.63) is 89.9 Å². The molecule has 0 radical (unpaired) electrons. The molecule has 0 N–H and O–H groups in total. The Hall–Kier alpha value is -4.75. The molecule has 5 rings (SSSR count). The number of ether oxygens (including phenoxy) is 2. The van der Waals surface area contributed by atoms with Gasteiger partial charge in [0.1, 0.15) is 23.4 Å².